The second kappa shape index (κ2) is 7.43. The Bertz CT molecular complexity index is 401. The average molecular weight is 298 g/mol. The lowest BCUT2D eigenvalue weighted by atomic mass is 10.1. The van der Waals surface area contributed by atoms with Crippen LogP contribution in [-0.4, -0.2) is 15.0 Å². The van der Waals surface area contributed by atoms with Crippen LogP contribution in [0, 0.1) is 0 Å². The van der Waals surface area contributed by atoms with E-state index in [4.69, 9.17) is 0 Å². The molecule has 0 radical (unpaired) electrons. The van der Waals surface area contributed by atoms with Crippen molar-refractivity contribution in [3.63, 3.8) is 0 Å². The molecule has 0 saturated heterocycles. The van der Waals surface area contributed by atoms with Crippen LogP contribution in [0.25, 0.3) is 0 Å². The third-order valence-electron chi connectivity index (χ3n) is 2.44. The highest BCUT2D eigenvalue weighted by atomic mass is 79.9. The number of alkyl halides is 1. The SMILES string of the molecule is CC(C)=CCCC(C)=CCn1cc(CBr)nn1. The fourth-order valence-corrected chi connectivity index (χ4v) is 1.69. The smallest absolute Gasteiger partial charge is 0.0932 e. The van der Waals surface area contributed by atoms with Crippen LogP contribution < -0.4 is 0 Å². The van der Waals surface area contributed by atoms with E-state index in [-0.39, 0.29) is 0 Å². The van der Waals surface area contributed by atoms with Gasteiger partial charge in [-0.25, -0.2) is 4.68 Å². The molecule has 0 amide bonds. The van der Waals surface area contributed by atoms with Gasteiger partial charge < -0.3 is 0 Å². The molecule has 94 valence electrons. The minimum absolute atomic E-state index is 0.760. The van der Waals surface area contributed by atoms with Crippen LogP contribution in [0.2, 0.25) is 0 Å². The topological polar surface area (TPSA) is 30.7 Å². The van der Waals surface area contributed by atoms with Crippen molar-refractivity contribution in [3.8, 4) is 0 Å². The van der Waals surface area contributed by atoms with Gasteiger partial charge >= 0.3 is 0 Å². The number of hydrogen-bond acceptors (Lipinski definition) is 2. The summed E-state index contributed by atoms with van der Waals surface area (Å²) in [6.45, 7) is 7.24. The van der Waals surface area contributed by atoms with Crippen LogP contribution in [-0.2, 0) is 11.9 Å². The van der Waals surface area contributed by atoms with Crippen molar-refractivity contribution in [3.05, 3.63) is 35.2 Å². The zero-order valence-electron chi connectivity index (χ0n) is 10.8. The van der Waals surface area contributed by atoms with E-state index in [1.54, 1.807) is 0 Å². The maximum Gasteiger partial charge on any atom is 0.0932 e. The van der Waals surface area contributed by atoms with Gasteiger partial charge in [0.1, 0.15) is 0 Å². The molecule has 0 aliphatic carbocycles. The summed E-state index contributed by atoms with van der Waals surface area (Å²) >= 11 is 3.36. The standard InChI is InChI=1S/C13H20BrN3/c1-11(2)5-4-6-12(3)7-8-17-10-13(9-14)15-16-17/h5,7,10H,4,6,8-9H2,1-3H3. The molecule has 1 aromatic rings. The third-order valence-corrected chi connectivity index (χ3v) is 3.02. The Morgan fingerprint density at radius 2 is 2.12 bits per heavy atom. The van der Waals surface area contributed by atoms with Crippen molar-refractivity contribution in [2.45, 2.75) is 45.5 Å². The van der Waals surface area contributed by atoms with Crippen molar-refractivity contribution in [1.29, 1.82) is 0 Å². The van der Waals surface area contributed by atoms with Crippen molar-refractivity contribution in [1.82, 2.24) is 15.0 Å². The molecule has 1 aromatic heterocycles. The second-order valence-corrected chi connectivity index (χ2v) is 5.00. The van der Waals surface area contributed by atoms with Gasteiger partial charge in [-0.05, 0) is 33.6 Å². The Morgan fingerprint density at radius 3 is 2.71 bits per heavy atom. The summed E-state index contributed by atoms with van der Waals surface area (Å²) < 4.78 is 1.86. The molecule has 0 aromatic carbocycles. The molecule has 1 heterocycles. The summed E-state index contributed by atoms with van der Waals surface area (Å²) in [4.78, 5) is 0. The van der Waals surface area contributed by atoms with Crippen LogP contribution in [0.15, 0.2) is 29.5 Å². The van der Waals surface area contributed by atoms with E-state index >= 15 is 0 Å². The number of hydrogen-bond donors (Lipinski definition) is 0. The van der Waals surface area contributed by atoms with Crippen LogP contribution in [0.4, 0.5) is 0 Å². The van der Waals surface area contributed by atoms with E-state index < -0.39 is 0 Å². The molecular formula is C13H20BrN3. The minimum atomic E-state index is 0.760. The quantitative estimate of drug-likeness (QED) is 0.589. The van der Waals surface area contributed by atoms with Crippen molar-refractivity contribution in [2.75, 3.05) is 0 Å². The molecule has 0 aliphatic rings. The third kappa shape index (κ3) is 5.82. The number of rotatable bonds is 6. The van der Waals surface area contributed by atoms with E-state index in [9.17, 15) is 0 Å². The molecule has 4 heteroatoms. The zero-order valence-corrected chi connectivity index (χ0v) is 12.4. The summed E-state index contributed by atoms with van der Waals surface area (Å²) in [7, 11) is 0. The fourth-order valence-electron chi connectivity index (χ4n) is 1.43. The Hall–Kier alpha value is -0.900. The largest absolute Gasteiger partial charge is 0.248 e. The normalized spacial score (nSPS) is 11.6. The minimum Gasteiger partial charge on any atom is -0.248 e. The van der Waals surface area contributed by atoms with Gasteiger partial charge in [-0.15, -0.1) is 5.10 Å². The number of halogens is 1. The first-order valence-electron chi connectivity index (χ1n) is 5.85. The molecule has 0 atom stereocenters. The lowest BCUT2D eigenvalue weighted by Crippen LogP contribution is -1.96. The molecule has 17 heavy (non-hydrogen) atoms. The summed E-state index contributed by atoms with van der Waals surface area (Å²) in [5.74, 6) is 0. The van der Waals surface area contributed by atoms with Crippen LogP contribution in [0.5, 0.6) is 0 Å². The molecule has 0 unspecified atom stereocenters. The van der Waals surface area contributed by atoms with Crippen LogP contribution >= 0.6 is 15.9 Å². The molecule has 0 N–H and O–H groups in total. The molecule has 0 fully saturated rings. The Morgan fingerprint density at radius 1 is 1.35 bits per heavy atom. The zero-order chi connectivity index (χ0) is 12.7. The lowest BCUT2D eigenvalue weighted by molar-refractivity contribution is 0.657. The van der Waals surface area contributed by atoms with Gasteiger partial charge in [0.2, 0.25) is 0 Å². The van der Waals surface area contributed by atoms with E-state index in [1.807, 2.05) is 10.9 Å². The molecule has 0 aliphatic heterocycles. The molecular weight excluding hydrogens is 278 g/mol. The van der Waals surface area contributed by atoms with E-state index in [0.29, 0.717) is 0 Å². The first kappa shape index (κ1) is 14.2. The highest BCUT2D eigenvalue weighted by Gasteiger charge is 1.97. The summed E-state index contributed by atoms with van der Waals surface area (Å²) in [6, 6.07) is 0. The Kier molecular flexibility index (Phi) is 6.19. The molecule has 1 rings (SSSR count). The Labute approximate surface area is 112 Å². The van der Waals surface area contributed by atoms with Crippen LogP contribution in [0.1, 0.15) is 39.3 Å². The highest BCUT2D eigenvalue weighted by Crippen LogP contribution is 2.07. The van der Waals surface area contributed by atoms with Crippen molar-refractivity contribution in [2.24, 2.45) is 0 Å². The van der Waals surface area contributed by atoms with Crippen molar-refractivity contribution >= 4 is 15.9 Å². The van der Waals surface area contributed by atoms with Gasteiger partial charge in [-0.1, -0.05) is 44.4 Å². The highest BCUT2D eigenvalue weighted by molar-refractivity contribution is 9.08. The van der Waals surface area contributed by atoms with Gasteiger partial charge in [0.05, 0.1) is 12.2 Å². The van der Waals surface area contributed by atoms with Gasteiger partial charge in [-0.3, -0.25) is 0 Å². The summed E-state index contributed by atoms with van der Waals surface area (Å²) in [5, 5.41) is 8.83. The molecule has 0 spiro atoms. The van der Waals surface area contributed by atoms with Gasteiger partial charge in [0.15, 0.2) is 0 Å². The van der Waals surface area contributed by atoms with E-state index in [2.05, 4.69) is 59.2 Å². The fraction of sp³-hybridized carbons (Fsp3) is 0.538. The van der Waals surface area contributed by atoms with Gasteiger partial charge in [-0.2, -0.15) is 0 Å². The van der Waals surface area contributed by atoms with E-state index in [0.717, 1.165) is 30.4 Å². The predicted octanol–water partition coefficient (Wildman–Crippen LogP) is 3.87. The first-order chi connectivity index (χ1) is 8.11. The first-order valence-corrected chi connectivity index (χ1v) is 6.98. The van der Waals surface area contributed by atoms with Crippen LogP contribution in [0.3, 0.4) is 0 Å². The lowest BCUT2D eigenvalue weighted by Gasteiger charge is -1.99. The average Bonchev–Trinajstić information content (AvgIpc) is 2.73. The number of nitrogens with zero attached hydrogens (tertiary/aromatic N) is 3. The van der Waals surface area contributed by atoms with Crippen molar-refractivity contribution < 1.29 is 0 Å². The summed E-state index contributed by atoms with van der Waals surface area (Å²) in [6.07, 6.45) is 8.69. The van der Waals surface area contributed by atoms with E-state index in [1.165, 1.54) is 11.1 Å². The maximum atomic E-state index is 4.05. The predicted molar refractivity (Wildman–Crippen MR) is 75.1 cm³/mol. The molecule has 3 nitrogen and oxygen atoms in total. The molecule has 0 saturated carbocycles. The summed E-state index contributed by atoms with van der Waals surface area (Å²) in [5.41, 5.74) is 3.76. The monoisotopic (exact) mass is 297 g/mol. The van der Waals surface area contributed by atoms with Gasteiger partial charge in [0, 0.05) is 11.5 Å². The maximum absolute atomic E-state index is 4.05. The van der Waals surface area contributed by atoms with Gasteiger partial charge in [0.25, 0.3) is 0 Å². The number of aromatic nitrogens is 3. The number of allylic oxidation sites excluding steroid dienone is 4. The second-order valence-electron chi connectivity index (χ2n) is 4.44. The molecule has 0 bridgehead atoms. The Balaban J connectivity index is 2.39.